The summed E-state index contributed by atoms with van der Waals surface area (Å²) < 4.78 is 0. The van der Waals surface area contributed by atoms with E-state index >= 15 is 0 Å². The van der Waals surface area contributed by atoms with Gasteiger partial charge in [0.2, 0.25) is 0 Å². The summed E-state index contributed by atoms with van der Waals surface area (Å²) in [6, 6.07) is 0. The van der Waals surface area contributed by atoms with E-state index in [0.29, 0.717) is 0 Å². The summed E-state index contributed by atoms with van der Waals surface area (Å²) in [7, 11) is 0. The van der Waals surface area contributed by atoms with Gasteiger partial charge in [0.25, 0.3) is 0 Å². The molecule has 0 saturated carbocycles. The molecule has 0 aliphatic rings. The molecule has 0 aromatic heterocycles. The molecule has 0 rings (SSSR count). The van der Waals surface area contributed by atoms with Crippen molar-refractivity contribution < 1.29 is 0 Å². The van der Waals surface area contributed by atoms with Crippen molar-refractivity contribution in [2.75, 3.05) is 183 Å². The third kappa shape index (κ3) is 71.6. The van der Waals surface area contributed by atoms with Crippen LogP contribution in [-0.2, 0) is 0 Å². The molecule has 0 aliphatic heterocycles. The summed E-state index contributed by atoms with van der Waals surface area (Å²) in [5.41, 5.74) is 0. The van der Waals surface area contributed by atoms with Crippen LogP contribution >= 0.6 is 12.4 Å². The fraction of sp³-hybridized carbons (Fsp3) is 0.964. The van der Waals surface area contributed by atoms with E-state index in [-0.39, 0.29) is 12.4 Å². The second kappa shape index (κ2) is 71.5. The molecular formula is C56H127ClN14. The Morgan fingerprint density at radius 1 is 0.169 bits per heavy atom. The molecule has 0 saturated heterocycles. The molecular weight excluding hydrogens is 904 g/mol. The lowest BCUT2D eigenvalue weighted by Gasteiger charge is -2.08. The predicted octanol–water partition coefficient (Wildman–Crippen LogP) is 5.62. The van der Waals surface area contributed by atoms with E-state index in [0.717, 1.165) is 183 Å². The lowest BCUT2D eigenvalue weighted by atomic mass is 10.2. The molecule has 0 bridgehead atoms. The van der Waals surface area contributed by atoms with Crippen LogP contribution in [0.2, 0.25) is 0 Å². The molecule has 0 fully saturated rings. The highest BCUT2D eigenvalue weighted by molar-refractivity contribution is 5.85. The number of rotatable bonds is 66. The quantitative estimate of drug-likeness (QED) is 0.0268. The molecule has 0 amide bonds. The maximum absolute atomic E-state index is 3.63. The SMILES string of the molecule is CCNCCCCNCCCCNCCCCNCCCCNCCCCNCCCCNC/C=C/CNCCCCNCCCCNCCCCNCCCCNCCCCNCCCCNCC.Cl. The van der Waals surface area contributed by atoms with Gasteiger partial charge in [-0.1, -0.05) is 26.0 Å². The van der Waals surface area contributed by atoms with E-state index in [2.05, 4.69) is 100 Å². The van der Waals surface area contributed by atoms with E-state index in [4.69, 9.17) is 0 Å². The smallest absolute Gasteiger partial charge is 0.0135 e. The van der Waals surface area contributed by atoms with E-state index in [9.17, 15) is 0 Å². The third-order valence-electron chi connectivity index (χ3n) is 12.7. The zero-order valence-corrected chi connectivity index (χ0v) is 48.1. The molecule has 0 heterocycles. The minimum absolute atomic E-state index is 0. The van der Waals surface area contributed by atoms with Gasteiger partial charge in [0.05, 0.1) is 0 Å². The minimum atomic E-state index is 0. The van der Waals surface area contributed by atoms with Gasteiger partial charge in [-0.2, -0.15) is 0 Å². The highest BCUT2D eigenvalue weighted by Crippen LogP contribution is 1.95. The van der Waals surface area contributed by atoms with Crippen LogP contribution in [0, 0.1) is 0 Å². The van der Waals surface area contributed by atoms with Gasteiger partial charge in [0, 0.05) is 13.1 Å². The molecule has 15 heteroatoms. The fourth-order valence-corrected chi connectivity index (χ4v) is 8.14. The third-order valence-corrected chi connectivity index (χ3v) is 12.7. The van der Waals surface area contributed by atoms with Crippen molar-refractivity contribution in [1.82, 2.24) is 74.4 Å². The summed E-state index contributed by atoms with van der Waals surface area (Å²) in [6.45, 7) is 36.0. The van der Waals surface area contributed by atoms with Gasteiger partial charge in [-0.05, 0) is 324 Å². The number of hydrogen-bond acceptors (Lipinski definition) is 14. The van der Waals surface area contributed by atoms with Gasteiger partial charge in [-0.25, -0.2) is 0 Å². The highest BCUT2D eigenvalue weighted by Gasteiger charge is 1.98. The molecule has 0 radical (unpaired) electrons. The monoisotopic (exact) mass is 1030 g/mol. The van der Waals surface area contributed by atoms with Crippen LogP contribution in [0.5, 0.6) is 0 Å². The second-order valence-corrected chi connectivity index (χ2v) is 19.6. The molecule has 71 heavy (non-hydrogen) atoms. The van der Waals surface area contributed by atoms with E-state index in [1.807, 2.05) is 0 Å². The lowest BCUT2D eigenvalue weighted by molar-refractivity contribution is 0.531. The number of unbranched alkanes of at least 4 members (excludes halogenated alkanes) is 12. The van der Waals surface area contributed by atoms with Crippen LogP contribution < -0.4 is 74.4 Å². The van der Waals surface area contributed by atoms with Gasteiger partial charge >= 0.3 is 0 Å². The predicted molar refractivity (Wildman–Crippen MR) is 319 cm³/mol. The van der Waals surface area contributed by atoms with Crippen LogP contribution in [0.25, 0.3) is 0 Å². The van der Waals surface area contributed by atoms with Gasteiger partial charge in [-0.15, -0.1) is 12.4 Å². The second-order valence-electron chi connectivity index (χ2n) is 19.6. The van der Waals surface area contributed by atoms with E-state index in [1.165, 1.54) is 154 Å². The van der Waals surface area contributed by atoms with Crippen molar-refractivity contribution in [3.63, 3.8) is 0 Å². The molecule has 0 spiro atoms. The lowest BCUT2D eigenvalue weighted by Crippen LogP contribution is -2.23. The fourth-order valence-electron chi connectivity index (χ4n) is 8.14. The summed E-state index contributed by atoms with van der Waals surface area (Å²) in [4.78, 5) is 0. The van der Waals surface area contributed by atoms with Crippen LogP contribution in [0.4, 0.5) is 0 Å². The van der Waals surface area contributed by atoms with Gasteiger partial charge in [0.15, 0.2) is 0 Å². The Morgan fingerprint density at radius 3 is 0.408 bits per heavy atom. The van der Waals surface area contributed by atoms with Crippen molar-refractivity contribution >= 4 is 12.4 Å². The Balaban J connectivity index is 0. The molecule has 14 nitrogen and oxygen atoms in total. The number of hydrogen-bond donors (Lipinski definition) is 14. The zero-order chi connectivity index (χ0) is 50.1. The molecule has 0 aromatic carbocycles. The van der Waals surface area contributed by atoms with Crippen LogP contribution in [0.15, 0.2) is 12.2 Å². The first kappa shape index (κ1) is 72.5. The Hall–Kier alpha value is -0.530. The number of halogens is 1. The van der Waals surface area contributed by atoms with Crippen molar-refractivity contribution in [3.8, 4) is 0 Å². The first-order valence-electron chi connectivity index (χ1n) is 30.5. The largest absolute Gasteiger partial charge is 0.317 e. The summed E-state index contributed by atoms with van der Waals surface area (Å²) in [5.74, 6) is 0. The Kier molecular flexibility index (Phi) is 73.1. The van der Waals surface area contributed by atoms with Crippen molar-refractivity contribution in [2.24, 2.45) is 0 Å². The molecule has 0 aromatic rings. The molecule has 0 unspecified atom stereocenters. The highest BCUT2D eigenvalue weighted by atomic mass is 35.5. The molecule has 14 N–H and O–H groups in total. The first-order chi connectivity index (χ1) is 34.9. The van der Waals surface area contributed by atoms with Crippen LogP contribution in [0.1, 0.15) is 168 Å². The summed E-state index contributed by atoms with van der Waals surface area (Å²) >= 11 is 0. The Labute approximate surface area is 448 Å². The molecule has 0 aliphatic carbocycles. The normalized spacial score (nSPS) is 11.7. The van der Waals surface area contributed by atoms with E-state index in [1.54, 1.807) is 0 Å². The average Bonchev–Trinajstić information content (AvgIpc) is 3.37. The van der Waals surface area contributed by atoms with Crippen molar-refractivity contribution in [2.45, 2.75) is 168 Å². The van der Waals surface area contributed by atoms with Crippen LogP contribution in [-0.4, -0.2) is 183 Å². The Bertz CT molecular complexity index is 857. The molecule has 428 valence electrons. The van der Waals surface area contributed by atoms with Gasteiger partial charge in [-0.3, -0.25) is 0 Å². The van der Waals surface area contributed by atoms with E-state index < -0.39 is 0 Å². The standard InChI is InChI=1S/C56H126N14.ClH/c1-3-57-31-5-7-33-59-35-9-11-37-61-39-13-15-41-63-43-17-19-45-65-47-21-23-49-67-51-25-27-53-69-55-29-30-56-70-54-28-26-52-68-50-24-22-48-66-46-20-18-44-64-42-16-14-40-62-38-12-10-36-60-34-8-6-32-58-4-2;/h29-30,57-70H,3-28,31-56H2,1-2H3;1H/b30-29+;. The topological polar surface area (TPSA) is 168 Å². The molecule has 0 atom stereocenters. The van der Waals surface area contributed by atoms with Crippen molar-refractivity contribution in [3.05, 3.63) is 12.2 Å². The van der Waals surface area contributed by atoms with Gasteiger partial charge < -0.3 is 74.4 Å². The van der Waals surface area contributed by atoms with Gasteiger partial charge in [0.1, 0.15) is 0 Å². The van der Waals surface area contributed by atoms with Crippen LogP contribution in [0.3, 0.4) is 0 Å². The average molecular weight is 1030 g/mol. The minimum Gasteiger partial charge on any atom is -0.317 e. The number of nitrogens with one attached hydrogen (secondary N) is 14. The zero-order valence-electron chi connectivity index (χ0n) is 47.3. The summed E-state index contributed by atoms with van der Waals surface area (Å²) in [5, 5.41) is 50.0. The Morgan fingerprint density at radius 2 is 0.282 bits per heavy atom. The maximum atomic E-state index is 3.63. The van der Waals surface area contributed by atoms with Crippen molar-refractivity contribution in [1.29, 1.82) is 0 Å². The summed E-state index contributed by atoms with van der Waals surface area (Å²) in [6.07, 6.45) is 35.0. The maximum Gasteiger partial charge on any atom is 0.0135 e. The first-order valence-corrected chi connectivity index (χ1v) is 30.5.